The van der Waals surface area contributed by atoms with Crippen molar-refractivity contribution < 1.29 is 24.0 Å². The first-order chi connectivity index (χ1) is 7.69. The Balaban J connectivity index is 0.00000144. The minimum absolute atomic E-state index is 0. The van der Waals surface area contributed by atoms with Crippen molar-refractivity contribution in [2.45, 2.75) is 57.1 Å². The summed E-state index contributed by atoms with van der Waals surface area (Å²) in [6.07, 6.45) is 13.0. The summed E-state index contributed by atoms with van der Waals surface area (Å²) in [5, 5.41) is 0. The van der Waals surface area contributed by atoms with Gasteiger partial charge in [-0.3, -0.25) is 0 Å². The molecule has 0 amide bonds. The van der Waals surface area contributed by atoms with E-state index in [4.69, 9.17) is 4.76 Å². The van der Waals surface area contributed by atoms with E-state index in [0.717, 1.165) is 11.6 Å². The fraction of sp³-hybridized carbons (Fsp3) is 0.923. The summed E-state index contributed by atoms with van der Waals surface area (Å²) in [4.78, 5) is 0. The Kier molecular flexibility index (Phi) is 6.18. The SMILES string of the molecule is CC#[N+][B-]1(C[S+](C)C)C2CCCC1CCC2.[I-]. The second-order valence-corrected chi connectivity index (χ2v) is 8.34. The van der Waals surface area contributed by atoms with Gasteiger partial charge in [-0.25, -0.2) is 0 Å². The van der Waals surface area contributed by atoms with Gasteiger partial charge in [0.2, 0.25) is 0 Å². The van der Waals surface area contributed by atoms with Gasteiger partial charge in [0.05, 0.1) is 25.1 Å². The molecule has 2 heterocycles. The normalized spacial score (nSPS) is 35.8. The second-order valence-electron chi connectivity index (χ2n) is 6.03. The average molecular weight is 365 g/mol. The third kappa shape index (κ3) is 3.15. The van der Waals surface area contributed by atoms with Crippen molar-refractivity contribution in [3.63, 3.8) is 0 Å². The van der Waals surface area contributed by atoms with Gasteiger partial charge in [0, 0.05) is 0 Å². The van der Waals surface area contributed by atoms with Crippen LogP contribution in [0.3, 0.4) is 0 Å². The van der Waals surface area contributed by atoms with E-state index in [0.29, 0.717) is 10.9 Å². The first kappa shape index (κ1) is 15.7. The molecule has 2 fully saturated rings. The fourth-order valence-electron chi connectivity index (χ4n) is 4.41. The Morgan fingerprint density at radius 2 is 1.59 bits per heavy atom. The molecule has 0 atom stereocenters. The summed E-state index contributed by atoms with van der Waals surface area (Å²) in [5.41, 5.74) is 1.37. The van der Waals surface area contributed by atoms with Gasteiger partial charge >= 0.3 is 6.28 Å². The highest BCUT2D eigenvalue weighted by atomic mass is 127. The molecular weight excluding hydrogens is 340 g/mol. The molecule has 0 aromatic carbocycles. The zero-order valence-electron chi connectivity index (χ0n) is 11.4. The molecule has 0 N–H and O–H groups in total. The maximum absolute atomic E-state index is 4.96. The van der Waals surface area contributed by atoms with Crippen molar-refractivity contribution in [2.24, 2.45) is 0 Å². The zero-order valence-corrected chi connectivity index (χ0v) is 14.4. The van der Waals surface area contributed by atoms with Crippen LogP contribution in [-0.4, -0.2) is 24.4 Å². The third-order valence-corrected chi connectivity index (χ3v) is 6.10. The van der Waals surface area contributed by atoms with Crippen molar-refractivity contribution in [3.05, 3.63) is 4.76 Å². The Morgan fingerprint density at radius 3 is 1.94 bits per heavy atom. The molecule has 1 nitrogen and oxygen atoms in total. The molecule has 0 aromatic rings. The Labute approximate surface area is 127 Å². The van der Waals surface area contributed by atoms with E-state index in [1.165, 1.54) is 44.2 Å². The predicted octanol–water partition coefficient (Wildman–Crippen LogP) is 0.814. The summed E-state index contributed by atoms with van der Waals surface area (Å²) in [6.45, 7) is 2.00. The van der Waals surface area contributed by atoms with E-state index in [2.05, 4.69) is 18.6 Å². The molecule has 0 spiro atoms. The maximum Gasteiger partial charge on any atom is 0.452 e. The number of nitrogens with zero attached hydrogens (tertiary/aromatic N) is 1. The van der Waals surface area contributed by atoms with Crippen LogP contribution in [-0.2, 0) is 10.9 Å². The maximum atomic E-state index is 4.96. The molecule has 2 bridgehead atoms. The van der Waals surface area contributed by atoms with Crippen LogP contribution in [0.1, 0.15) is 45.4 Å². The minimum Gasteiger partial charge on any atom is -1.00 e. The molecule has 98 valence electrons. The van der Waals surface area contributed by atoms with E-state index in [1.807, 2.05) is 6.92 Å². The highest BCUT2D eigenvalue weighted by Gasteiger charge is 2.58. The quantitative estimate of drug-likeness (QED) is 0.388. The molecule has 2 saturated heterocycles. The lowest BCUT2D eigenvalue weighted by molar-refractivity contribution is -0.00000359. The summed E-state index contributed by atoms with van der Waals surface area (Å²) in [6, 6.07) is 3.17. The molecule has 17 heavy (non-hydrogen) atoms. The van der Waals surface area contributed by atoms with Gasteiger partial charge < -0.3 is 28.7 Å². The second kappa shape index (κ2) is 6.70. The van der Waals surface area contributed by atoms with Crippen LogP contribution in [0.15, 0.2) is 0 Å². The molecule has 4 heteroatoms. The van der Waals surface area contributed by atoms with Crippen molar-refractivity contribution >= 4 is 17.2 Å². The van der Waals surface area contributed by atoms with Crippen LogP contribution < -0.4 is 24.0 Å². The molecule has 0 radical (unpaired) electrons. The molecule has 0 unspecified atom stereocenters. The number of halogens is 1. The average Bonchev–Trinajstić information content (AvgIpc) is 2.15. The van der Waals surface area contributed by atoms with Gasteiger partial charge in [-0.05, 0) is 10.9 Å². The monoisotopic (exact) mass is 365 g/mol. The van der Waals surface area contributed by atoms with Gasteiger partial charge in [0.1, 0.15) is 0 Å². The number of rotatable bonds is 2. The van der Waals surface area contributed by atoms with Crippen molar-refractivity contribution in [2.75, 3.05) is 18.2 Å². The standard InChI is InChI=1S/C13H25BNS.HI/c1-4-15-14(11-16(2)3)12-7-5-8-13(14)10-6-9-12;/h12-13H,5-11H2,1-3H3;1H/q+1;/p-1. The summed E-state index contributed by atoms with van der Waals surface area (Å²) in [7, 11) is 0.531. The van der Waals surface area contributed by atoms with Gasteiger partial charge in [-0.2, -0.15) is 0 Å². The lowest BCUT2D eigenvalue weighted by Crippen LogP contribution is -3.00. The smallest absolute Gasteiger partial charge is 0.452 e. The first-order valence-electron chi connectivity index (χ1n) is 6.79. The number of hydrogen-bond donors (Lipinski definition) is 0. The van der Waals surface area contributed by atoms with Crippen molar-refractivity contribution in [1.29, 1.82) is 0 Å². The number of hydrogen-bond acceptors (Lipinski definition) is 0. The molecule has 2 aliphatic heterocycles. The van der Waals surface area contributed by atoms with Crippen LogP contribution in [0.2, 0.25) is 11.6 Å². The van der Waals surface area contributed by atoms with Crippen molar-refractivity contribution in [1.82, 2.24) is 0 Å². The molecule has 2 rings (SSSR count). The van der Waals surface area contributed by atoms with Crippen LogP contribution in [0.5, 0.6) is 0 Å². The highest BCUT2D eigenvalue weighted by Crippen LogP contribution is 2.54. The number of fused-ring (bicyclic) bond motifs is 2. The summed E-state index contributed by atoms with van der Waals surface area (Å²) in [5.74, 6) is 1.85. The van der Waals surface area contributed by atoms with Crippen LogP contribution in [0, 0.1) is 6.07 Å². The first-order valence-corrected chi connectivity index (χ1v) is 9.01. The lowest BCUT2D eigenvalue weighted by atomic mass is 9.18. The van der Waals surface area contributed by atoms with E-state index in [9.17, 15) is 0 Å². The van der Waals surface area contributed by atoms with E-state index >= 15 is 0 Å². The van der Waals surface area contributed by atoms with Crippen LogP contribution in [0.4, 0.5) is 0 Å². The van der Waals surface area contributed by atoms with Gasteiger partial charge in [0.15, 0.2) is 6.07 Å². The Hall–Kier alpha value is 0.635. The lowest BCUT2D eigenvalue weighted by Gasteiger charge is -2.45. The van der Waals surface area contributed by atoms with E-state index in [1.54, 1.807) is 0 Å². The Bertz CT molecular complexity index is 288. The largest absolute Gasteiger partial charge is 1.00 e. The molecule has 0 aliphatic carbocycles. The molecule has 0 aromatic heterocycles. The Morgan fingerprint density at radius 1 is 1.12 bits per heavy atom. The van der Waals surface area contributed by atoms with E-state index in [-0.39, 0.29) is 24.0 Å². The molecule has 2 aliphatic rings. The summed E-state index contributed by atoms with van der Waals surface area (Å²) < 4.78 is 4.96. The molecular formula is C13H25BINS. The topological polar surface area (TPSA) is 4.36 Å². The zero-order chi connectivity index (χ0) is 11.6. The van der Waals surface area contributed by atoms with Gasteiger partial charge in [-0.1, -0.05) is 50.2 Å². The third-order valence-electron chi connectivity index (χ3n) is 4.90. The van der Waals surface area contributed by atoms with Gasteiger partial charge in [-0.15, -0.1) is 0 Å². The van der Waals surface area contributed by atoms with E-state index < -0.39 is 6.28 Å². The fourth-order valence-corrected chi connectivity index (χ4v) is 6.09. The van der Waals surface area contributed by atoms with Crippen LogP contribution in [0.25, 0.3) is 4.76 Å². The predicted molar refractivity (Wildman–Crippen MR) is 78.0 cm³/mol. The summed E-state index contributed by atoms with van der Waals surface area (Å²) >= 11 is 0. The van der Waals surface area contributed by atoms with Crippen LogP contribution >= 0.6 is 0 Å². The van der Waals surface area contributed by atoms with Gasteiger partial charge in [0.25, 0.3) is 0 Å². The minimum atomic E-state index is -0.455. The molecule has 0 saturated carbocycles. The van der Waals surface area contributed by atoms with Crippen molar-refractivity contribution in [3.8, 4) is 6.07 Å². The highest BCUT2D eigenvalue weighted by molar-refractivity contribution is 7.97.